The van der Waals surface area contributed by atoms with Crippen molar-refractivity contribution in [3.05, 3.63) is 33.3 Å². The first-order valence-corrected chi connectivity index (χ1v) is 5.19. The molecular formula is C9H11BrClNO. The van der Waals surface area contributed by atoms with Crippen LogP contribution in [0.4, 0.5) is 0 Å². The maximum atomic E-state index is 5.91. The standard InChI is InChI=1S/C9H11BrClNO/c1-2-13-12-6-7-3-4-8(10)9(11)5-7/h3-5,12H,2,6H2,1H3. The lowest BCUT2D eigenvalue weighted by Gasteiger charge is -2.04. The molecule has 0 aromatic heterocycles. The Kier molecular flexibility index (Phi) is 4.73. The minimum Gasteiger partial charge on any atom is -0.302 e. The molecule has 1 aromatic rings. The summed E-state index contributed by atoms with van der Waals surface area (Å²) in [6.07, 6.45) is 0. The maximum Gasteiger partial charge on any atom is 0.0654 e. The first-order chi connectivity index (χ1) is 6.24. The van der Waals surface area contributed by atoms with E-state index < -0.39 is 0 Å². The number of benzene rings is 1. The molecule has 4 heteroatoms. The van der Waals surface area contributed by atoms with E-state index in [-0.39, 0.29) is 0 Å². The third-order valence-electron chi connectivity index (χ3n) is 1.51. The van der Waals surface area contributed by atoms with Gasteiger partial charge in [0, 0.05) is 11.0 Å². The first kappa shape index (κ1) is 11.0. The van der Waals surface area contributed by atoms with Gasteiger partial charge in [0.15, 0.2) is 0 Å². The predicted molar refractivity (Wildman–Crippen MR) is 57.6 cm³/mol. The van der Waals surface area contributed by atoms with Gasteiger partial charge in [-0.3, -0.25) is 0 Å². The smallest absolute Gasteiger partial charge is 0.0654 e. The predicted octanol–water partition coefficient (Wildman–Crippen LogP) is 3.14. The fourth-order valence-corrected chi connectivity index (χ4v) is 1.34. The summed E-state index contributed by atoms with van der Waals surface area (Å²) in [5.74, 6) is 0. The molecule has 0 unspecified atom stereocenters. The Labute approximate surface area is 91.3 Å². The van der Waals surface area contributed by atoms with Gasteiger partial charge in [-0.05, 0) is 40.5 Å². The van der Waals surface area contributed by atoms with Gasteiger partial charge in [0.2, 0.25) is 0 Å². The van der Waals surface area contributed by atoms with Crippen LogP contribution in [-0.2, 0) is 11.4 Å². The molecule has 1 aromatic carbocycles. The van der Waals surface area contributed by atoms with Gasteiger partial charge < -0.3 is 4.84 Å². The van der Waals surface area contributed by atoms with Gasteiger partial charge in [0.1, 0.15) is 0 Å². The van der Waals surface area contributed by atoms with Gasteiger partial charge in [-0.15, -0.1) is 0 Å². The average molecular weight is 265 g/mol. The summed E-state index contributed by atoms with van der Waals surface area (Å²) in [7, 11) is 0. The molecule has 0 heterocycles. The van der Waals surface area contributed by atoms with Crippen molar-refractivity contribution < 1.29 is 4.84 Å². The highest BCUT2D eigenvalue weighted by atomic mass is 79.9. The largest absolute Gasteiger partial charge is 0.302 e. The Bertz CT molecular complexity index is 280. The summed E-state index contributed by atoms with van der Waals surface area (Å²) >= 11 is 9.24. The van der Waals surface area contributed by atoms with Gasteiger partial charge in [-0.1, -0.05) is 17.7 Å². The first-order valence-electron chi connectivity index (χ1n) is 4.02. The highest BCUT2D eigenvalue weighted by molar-refractivity contribution is 9.10. The van der Waals surface area contributed by atoms with Crippen LogP contribution in [0, 0.1) is 0 Å². The second-order valence-electron chi connectivity index (χ2n) is 2.50. The van der Waals surface area contributed by atoms with Crippen LogP contribution < -0.4 is 5.48 Å². The highest BCUT2D eigenvalue weighted by Gasteiger charge is 1.98. The molecule has 0 saturated heterocycles. The summed E-state index contributed by atoms with van der Waals surface area (Å²) in [5.41, 5.74) is 3.92. The molecule has 0 fully saturated rings. The summed E-state index contributed by atoms with van der Waals surface area (Å²) in [5, 5.41) is 0.718. The minimum atomic E-state index is 0.657. The topological polar surface area (TPSA) is 21.3 Å². The van der Waals surface area contributed by atoms with Crippen molar-refractivity contribution >= 4 is 27.5 Å². The molecule has 0 saturated carbocycles. The maximum absolute atomic E-state index is 5.91. The average Bonchev–Trinajstić information content (AvgIpc) is 2.12. The Hall–Kier alpha value is -0.0900. The van der Waals surface area contributed by atoms with Crippen LogP contribution in [0.2, 0.25) is 5.02 Å². The number of hydroxylamine groups is 1. The molecule has 1 N–H and O–H groups in total. The van der Waals surface area contributed by atoms with Crippen molar-refractivity contribution in [1.82, 2.24) is 5.48 Å². The van der Waals surface area contributed by atoms with Gasteiger partial charge in [-0.25, -0.2) is 0 Å². The number of hydrogen-bond acceptors (Lipinski definition) is 2. The van der Waals surface area contributed by atoms with Crippen LogP contribution in [0.25, 0.3) is 0 Å². The minimum absolute atomic E-state index is 0.657. The van der Waals surface area contributed by atoms with E-state index in [0.717, 1.165) is 15.1 Å². The molecule has 0 amide bonds. The van der Waals surface area contributed by atoms with Gasteiger partial charge in [-0.2, -0.15) is 5.48 Å². The van der Waals surface area contributed by atoms with Crippen LogP contribution in [0.3, 0.4) is 0 Å². The molecule has 0 bridgehead atoms. The fraction of sp³-hybridized carbons (Fsp3) is 0.333. The van der Waals surface area contributed by atoms with Crippen molar-refractivity contribution in [2.45, 2.75) is 13.5 Å². The number of halogens is 2. The molecule has 0 atom stereocenters. The second-order valence-corrected chi connectivity index (χ2v) is 3.76. The Morgan fingerprint density at radius 1 is 1.54 bits per heavy atom. The zero-order valence-electron chi connectivity index (χ0n) is 7.31. The van der Waals surface area contributed by atoms with E-state index >= 15 is 0 Å². The molecule has 2 nitrogen and oxygen atoms in total. The molecule has 1 rings (SSSR count). The van der Waals surface area contributed by atoms with Crippen molar-refractivity contribution in [3.8, 4) is 0 Å². The Morgan fingerprint density at radius 2 is 2.31 bits per heavy atom. The fourth-order valence-electron chi connectivity index (χ4n) is 0.886. The van der Waals surface area contributed by atoms with E-state index in [1.165, 1.54) is 0 Å². The van der Waals surface area contributed by atoms with Crippen molar-refractivity contribution in [3.63, 3.8) is 0 Å². The van der Waals surface area contributed by atoms with Crippen molar-refractivity contribution in [2.24, 2.45) is 0 Å². The molecule has 0 radical (unpaired) electrons. The van der Waals surface area contributed by atoms with Gasteiger partial charge >= 0.3 is 0 Å². The summed E-state index contributed by atoms with van der Waals surface area (Å²) < 4.78 is 0.911. The second kappa shape index (κ2) is 5.60. The van der Waals surface area contributed by atoms with Crippen molar-refractivity contribution in [1.29, 1.82) is 0 Å². The highest BCUT2D eigenvalue weighted by Crippen LogP contribution is 2.22. The summed E-state index contributed by atoms with van der Waals surface area (Å²) in [6, 6.07) is 5.81. The van der Waals surface area contributed by atoms with Crippen LogP contribution in [-0.4, -0.2) is 6.61 Å². The van der Waals surface area contributed by atoms with Crippen LogP contribution >= 0.6 is 27.5 Å². The SMILES string of the molecule is CCONCc1ccc(Br)c(Cl)c1. The summed E-state index contributed by atoms with van der Waals surface area (Å²) in [6.45, 7) is 3.26. The van der Waals surface area contributed by atoms with Crippen LogP contribution in [0.1, 0.15) is 12.5 Å². The molecule has 0 aliphatic rings. The molecule has 0 aliphatic carbocycles. The van der Waals surface area contributed by atoms with E-state index in [9.17, 15) is 0 Å². The number of nitrogens with one attached hydrogen (secondary N) is 1. The Balaban J connectivity index is 2.53. The van der Waals surface area contributed by atoms with Crippen LogP contribution in [0.5, 0.6) is 0 Å². The van der Waals surface area contributed by atoms with E-state index in [1.54, 1.807) is 0 Å². The van der Waals surface area contributed by atoms with E-state index in [4.69, 9.17) is 16.4 Å². The molecule has 0 aliphatic heterocycles. The Morgan fingerprint density at radius 3 is 2.92 bits per heavy atom. The number of rotatable bonds is 4. The monoisotopic (exact) mass is 263 g/mol. The molecular weight excluding hydrogens is 253 g/mol. The van der Waals surface area contributed by atoms with E-state index in [2.05, 4.69) is 21.4 Å². The molecule has 13 heavy (non-hydrogen) atoms. The lowest BCUT2D eigenvalue weighted by molar-refractivity contribution is 0.0463. The molecule has 72 valence electrons. The van der Waals surface area contributed by atoms with E-state index in [1.807, 2.05) is 25.1 Å². The zero-order chi connectivity index (χ0) is 9.68. The third-order valence-corrected chi connectivity index (χ3v) is 2.74. The summed E-state index contributed by atoms with van der Waals surface area (Å²) in [4.78, 5) is 5.00. The van der Waals surface area contributed by atoms with Gasteiger partial charge in [0.05, 0.1) is 11.6 Å². The zero-order valence-corrected chi connectivity index (χ0v) is 9.65. The van der Waals surface area contributed by atoms with Crippen molar-refractivity contribution in [2.75, 3.05) is 6.61 Å². The lowest BCUT2D eigenvalue weighted by atomic mass is 10.2. The van der Waals surface area contributed by atoms with Gasteiger partial charge in [0.25, 0.3) is 0 Å². The quantitative estimate of drug-likeness (QED) is 0.666. The lowest BCUT2D eigenvalue weighted by Crippen LogP contribution is -2.13. The number of hydrogen-bond donors (Lipinski definition) is 1. The van der Waals surface area contributed by atoms with Crippen LogP contribution in [0.15, 0.2) is 22.7 Å². The third kappa shape index (κ3) is 3.65. The normalized spacial score (nSPS) is 10.4. The molecule has 0 spiro atoms. The van der Waals surface area contributed by atoms with E-state index in [0.29, 0.717) is 13.2 Å².